The van der Waals surface area contributed by atoms with Gasteiger partial charge in [0.25, 0.3) is 5.91 Å². The van der Waals surface area contributed by atoms with Gasteiger partial charge in [0.05, 0.1) is 8.95 Å². The molecule has 0 aromatic heterocycles. The Morgan fingerprint density at radius 1 is 0.946 bits per heavy atom. The van der Waals surface area contributed by atoms with Crippen LogP contribution in [0.25, 0.3) is 0 Å². The summed E-state index contributed by atoms with van der Waals surface area (Å²) in [7, 11) is 0. The van der Waals surface area contributed by atoms with Crippen LogP contribution in [0.2, 0.25) is 0 Å². The van der Waals surface area contributed by atoms with Crippen LogP contribution in [0.15, 0.2) is 61.8 Å². The first kappa shape index (κ1) is 25.9. The number of Topliss-reactive ketones (excluding diaryl/α,β-unsaturated/α-hetero) is 2. The van der Waals surface area contributed by atoms with E-state index in [-0.39, 0.29) is 24.1 Å². The second-order valence-electron chi connectivity index (χ2n) is 9.86. The second-order valence-corrected chi connectivity index (χ2v) is 11.6. The van der Waals surface area contributed by atoms with Crippen molar-refractivity contribution in [1.29, 1.82) is 0 Å². The molecular formula is C29H28Br2N2O4. The lowest BCUT2D eigenvalue weighted by atomic mass is 9.71. The zero-order valence-corrected chi connectivity index (χ0v) is 24.0. The summed E-state index contributed by atoms with van der Waals surface area (Å²) in [5.41, 5.74) is 6.96. The summed E-state index contributed by atoms with van der Waals surface area (Å²) in [6.07, 6.45) is 4.24. The lowest BCUT2D eigenvalue weighted by molar-refractivity contribution is -0.118. The van der Waals surface area contributed by atoms with Gasteiger partial charge >= 0.3 is 0 Å². The average Bonchev–Trinajstić information content (AvgIpc) is 2.85. The third-order valence-electron chi connectivity index (χ3n) is 7.16. The number of ketones is 2. The number of allylic oxidation sites excluding steroid dienone is 4. The van der Waals surface area contributed by atoms with Gasteiger partial charge in [-0.25, -0.2) is 0 Å². The van der Waals surface area contributed by atoms with Gasteiger partial charge in [0.2, 0.25) is 0 Å². The highest BCUT2D eigenvalue weighted by Gasteiger charge is 2.40. The number of nitrogens with one attached hydrogen (secondary N) is 2. The first-order chi connectivity index (χ1) is 17.7. The molecule has 1 amide bonds. The Bertz CT molecular complexity index is 1330. The van der Waals surface area contributed by atoms with E-state index >= 15 is 0 Å². The second kappa shape index (κ2) is 10.6. The van der Waals surface area contributed by atoms with Crippen LogP contribution in [0.5, 0.6) is 5.75 Å². The molecule has 2 aromatic rings. The van der Waals surface area contributed by atoms with Crippen LogP contribution in [0.1, 0.15) is 61.1 Å². The number of carbonyl (C=O) groups excluding carboxylic acids is 3. The van der Waals surface area contributed by atoms with Gasteiger partial charge in [-0.15, -0.1) is 0 Å². The summed E-state index contributed by atoms with van der Waals surface area (Å²) >= 11 is 7.21. The predicted octanol–water partition coefficient (Wildman–Crippen LogP) is 6.55. The Morgan fingerprint density at radius 2 is 1.54 bits per heavy atom. The van der Waals surface area contributed by atoms with Gasteiger partial charge in [0.15, 0.2) is 18.2 Å². The van der Waals surface area contributed by atoms with Crippen molar-refractivity contribution in [2.75, 3.05) is 11.9 Å². The van der Waals surface area contributed by atoms with E-state index in [0.717, 1.165) is 59.5 Å². The molecule has 0 spiro atoms. The topological polar surface area (TPSA) is 84.5 Å². The Kier molecular flexibility index (Phi) is 7.41. The molecule has 8 heteroatoms. The van der Waals surface area contributed by atoms with Crippen LogP contribution < -0.4 is 15.4 Å². The highest BCUT2D eigenvalue weighted by Crippen LogP contribution is 2.47. The molecular weight excluding hydrogens is 600 g/mol. The van der Waals surface area contributed by atoms with Crippen LogP contribution in [0, 0.1) is 13.8 Å². The average molecular weight is 628 g/mol. The molecule has 0 atom stereocenters. The third-order valence-corrected chi connectivity index (χ3v) is 8.34. The van der Waals surface area contributed by atoms with Gasteiger partial charge in [0.1, 0.15) is 5.75 Å². The van der Waals surface area contributed by atoms with Gasteiger partial charge in [-0.1, -0.05) is 12.1 Å². The molecule has 3 aliphatic rings. The van der Waals surface area contributed by atoms with Crippen LogP contribution in [-0.4, -0.2) is 24.1 Å². The van der Waals surface area contributed by atoms with E-state index in [1.54, 1.807) is 0 Å². The normalized spacial score (nSPS) is 17.8. The molecule has 0 fully saturated rings. The van der Waals surface area contributed by atoms with Crippen molar-refractivity contribution in [2.45, 2.75) is 58.3 Å². The monoisotopic (exact) mass is 626 g/mol. The van der Waals surface area contributed by atoms with Crippen molar-refractivity contribution >= 4 is 55.0 Å². The van der Waals surface area contributed by atoms with Crippen molar-refractivity contribution in [3.8, 4) is 5.75 Å². The van der Waals surface area contributed by atoms with Crippen molar-refractivity contribution in [1.82, 2.24) is 5.32 Å². The van der Waals surface area contributed by atoms with E-state index in [2.05, 4.69) is 42.5 Å². The zero-order chi connectivity index (χ0) is 26.3. The number of benzene rings is 2. The minimum Gasteiger partial charge on any atom is -0.481 e. The van der Waals surface area contributed by atoms with Crippen LogP contribution in [0.3, 0.4) is 0 Å². The minimum atomic E-state index is -0.402. The van der Waals surface area contributed by atoms with Crippen molar-refractivity contribution < 1.29 is 19.1 Å². The third kappa shape index (κ3) is 5.18. The molecule has 192 valence electrons. The van der Waals surface area contributed by atoms with Crippen LogP contribution in [-0.2, 0) is 14.4 Å². The summed E-state index contributed by atoms with van der Waals surface area (Å²) in [6, 6.07) is 9.70. The Labute approximate surface area is 233 Å². The highest BCUT2D eigenvalue weighted by molar-refractivity contribution is 9.11. The number of aryl methyl sites for hydroxylation is 2. The van der Waals surface area contributed by atoms with Crippen molar-refractivity contribution in [2.24, 2.45) is 0 Å². The molecule has 0 radical (unpaired) electrons. The quantitative estimate of drug-likeness (QED) is 0.393. The standard InChI is InChI=1S/C29H28Br2N2O4/c1-15-9-10-16(2)22(11-15)33-25(36)14-37-29-18(30)12-17(13-19(29)31)26-27-20(5-3-7-23(27)34)32-21-6-4-8-24(35)28(21)26/h9-13,26,32H,3-8,14H2,1-2H3,(H,33,36). The number of anilines is 1. The smallest absolute Gasteiger partial charge is 0.262 e. The molecule has 2 aromatic carbocycles. The molecule has 6 nitrogen and oxygen atoms in total. The summed E-state index contributed by atoms with van der Waals surface area (Å²) in [5, 5.41) is 6.35. The Morgan fingerprint density at radius 3 is 2.14 bits per heavy atom. The Hall–Kier alpha value is -2.71. The maximum atomic E-state index is 13.1. The maximum absolute atomic E-state index is 13.1. The molecule has 37 heavy (non-hydrogen) atoms. The van der Waals surface area contributed by atoms with Crippen LogP contribution >= 0.6 is 31.9 Å². The Balaban J connectivity index is 1.42. The van der Waals surface area contributed by atoms with Gasteiger partial charge in [0, 0.05) is 47.0 Å². The molecule has 2 N–H and O–H groups in total. The lowest BCUT2D eigenvalue weighted by Gasteiger charge is -2.37. The summed E-state index contributed by atoms with van der Waals surface area (Å²) in [5.74, 6) is 0.0158. The first-order valence-electron chi connectivity index (χ1n) is 12.5. The minimum absolute atomic E-state index is 0.0966. The van der Waals surface area contributed by atoms with E-state index in [0.29, 0.717) is 38.7 Å². The molecule has 0 unspecified atom stereocenters. The molecule has 5 rings (SSSR count). The molecule has 0 saturated heterocycles. The number of carbonyl (C=O) groups is 3. The largest absolute Gasteiger partial charge is 0.481 e. The van der Waals surface area contributed by atoms with E-state index in [1.807, 2.05) is 44.2 Å². The number of amides is 1. The maximum Gasteiger partial charge on any atom is 0.262 e. The van der Waals surface area contributed by atoms with Crippen molar-refractivity contribution in [3.63, 3.8) is 0 Å². The highest BCUT2D eigenvalue weighted by atomic mass is 79.9. The fraction of sp³-hybridized carbons (Fsp3) is 0.345. The zero-order valence-electron chi connectivity index (χ0n) is 20.8. The fourth-order valence-corrected chi connectivity index (χ4v) is 6.85. The van der Waals surface area contributed by atoms with E-state index in [4.69, 9.17) is 4.74 Å². The predicted molar refractivity (Wildman–Crippen MR) is 150 cm³/mol. The van der Waals surface area contributed by atoms with Gasteiger partial charge in [-0.3, -0.25) is 14.4 Å². The van der Waals surface area contributed by atoms with Crippen LogP contribution in [0.4, 0.5) is 5.69 Å². The first-order valence-corrected chi connectivity index (χ1v) is 14.1. The van der Waals surface area contributed by atoms with E-state index in [1.165, 1.54) is 0 Å². The molecule has 0 saturated carbocycles. The summed E-state index contributed by atoms with van der Waals surface area (Å²) in [6.45, 7) is 3.75. The SMILES string of the molecule is Cc1ccc(C)c(NC(=O)COc2c(Br)cc(C3C4=C(CCCC4=O)NC4=C3C(=O)CCC4)cc2Br)c1. The summed E-state index contributed by atoms with van der Waals surface area (Å²) in [4.78, 5) is 38.8. The lowest BCUT2D eigenvalue weighted by Crippen LogP contribution is -2.36. The molecule has 1 heterocycles. The number of ether oxygens (including phenoxy) is 1. The number of hydrogen-bond donors (Lipinski definition) is 2. The number of halogens is 2. The van der Waals surface area contributed by atoms with Gasteiger partial charge in [-0.2, -0.15) is 0 Å². The van der Waals surface area contributed by atoms with Crippen molar-refractivity contribution in [3.05, 3.63) is 78.5 Å². The van der Waals surface area contributed by atoms with E-state index < -0.39 is 5.92 Å². The fourth-order valence-electron chi connectivity index (χ4n) is 5.40. The number of rotatable bonds is 5. The van der Waals surface area contributed by atoms with E-state index in [9.17, 15) is 14.4 Å². The molecule has 0 bridgehead atoms. The number of dihydropyridines is 1. The molecule has 1 aliphatic heterocycles. The van der Waals surface area contributed by atoms with Gasteiger partial charge < -0.3 is 15.4 Å². The number of hydrogen-bond acceptors (Lipinski definition) is 5. The van der Waals surface area contributed by atoms with Gasteiger partial charge in [-0.05, 0) is 106 Å². The summed E-state index contributed by atoms with van der Waals surface area (Å²) < 4.78 is 7.18. The molecule has 2 aliphatic carbocycles.